The number of primary amides is 1. The zero-order chi connectivity index (χ0) is 15.4. The first-order valence-corrected chi connectivity index (χ1v) is 6.05. The van der Waals surface area contributed by atoms with Crippen LogP contribution in [0.5, 0.6) is 0 Å². The van der Waals surface area contributed by atoms with Crippen LogP contribution in [-0.2, 0) is 6.54 Å². The zero-order valence-electron chi connectivity index (χ0n) is 10.9. The number of halogens is 1. The molecule has 0 spiro atoms. The molecular formula is C13H13FN4O3. The molecule has 1 aromatic heterocycles. The molecule has 8 heteroatoms. The van der Waals surface area contributed by atoms with E-state index in [2.05, 4.69) is 10.3 Å². The van der Waals surface area contributed by atoms with E-state index in [1.807, 2.05) is 0 Å². The summed E-state index contributed by atoms with van der Waals surface area (Å²) in [6, 6.07) is 3.91. The standard InChI is InChI=1S/C13H13FN4O3/c14-9-5-8(12(15)19)1-2-10(9)16-3-4-18-6-11(13(20)21)17-7-18/h1-2,5-7,16H,3-4H2,(H2,15,19)(H,20,21). The first-order chi connectivity index (χ1) is 9.97. The van der Waals surface area contributed by atoms with Crippen molar-refractivity contribution >= 4 is 17.6 Å². The predicted molar refractivity (Wildman–Crippen MR) is 72.6 cm³/mol. The van der Waals surface area contributed by atoms with E-state index in [4.69, 9.17) is 10.8 Å². The van der Waals surface area contributed by atoms with Crippen molar-refractivity contribution in [1.82, 2.24) is 9.55 Å². The van der Waals surface area contributed by atoms with Crippen LogP contribution in [0.1, 0.15) is 20.8 Å². The minimum Gasteiger partial charge on any atom is -0.476 e. The maximum absolute atomic E-state index is 13.7. The van der Waals surface area contributed by atoms with Gasteiger partial charge in [0.25, 0.3) is 0 Å². The lowest BCUT2D eigenvalue weighted by Gasteiger charge is -2.08. The molecule has 2 rings (SSSR count). The Kier molecular flexibility index (Phi) is 4.17. The summed E-state index contributed by atoms with van der Waals surface area (Å²) in [6.07, 6.45) is 2.77. The maximum Gasteiger partial charge on any atom is 0.356 e. The molecule has 0 atom stereocenters. The fraction of sp³-hybridized carbons (Fsp3) is 0.154. The Morgan fingerprint density at radius 1 is 1.43 bits per heavy atom. The van der Waals surface area contributed by atoms with Gasteiger partial charge < -0.3 is 20.7 Å². The summed E-state index contributed by atoms with van der Waals surface area (Å²) in [4.78, 5) is 25.3. The van der Waals surface area contributed by atoms with E-state index < -0.39 is 17.7 Å². The summed E-state index contributed by atoms with van der Waals surface area (Å²) in [6.45, 7) is 0.777. The number of hydrogen-bond acceptors (Lipinski definition) is 4. The fourth-order valence-electron chi connectivity index (χ4n) is 1.72. The second-order valence-corrected chi connectivity index (χ2v) is 4.29. The van der Waals surface area contributed by atoms with Crippen LogP contribution in [0.15, 0.2) is 30.7 Å². The molecule has 7 nitrogen and oxygen atoms in total. The molecule has 1 heterocycles. The number of amides is 1. The molecule has 1 aromatic carbocycles. The van der Waals surface area contributed by atoms with Crippen molar-refractivity contribution in [2.24, 2.45) is 5.73 Å². The first-order valence-electron chi connectivity index (χ1n) is 6.05. The predicted octanol–water partition coefficient (Wildman–Crippen LogP) is 0.931. The van der Waals surface area contributed by atoms with Gasteiger partial charge in [0.05, 0.1) is 12.0 Å². The van der Waals surface area contributed by atoms with E-state index in [0.29, 0.717) is 13.1 Å². The second kappa shape index (κ2) is 6.04. The second-order valence-electron chi connectivity index (χ2n) is 4.29. The minimum absolute atomic E-state index is 0.0491. The maximum atomic E-state index is 13.7. The molecule has 0 aliphatic rings. The number of carboxylic acid groups (broad SMARTS) is 1. The molecule has 1 amide bonds. The van der Waals surface area contributed by atoms with E-state index in [9.17, 15) is 14.0 Å². The molecule has 0 bridgehead atoms. The van der Waals surface area contributed by atoms with E-state index in [1.54, 1.807) is 4.57 Å². The Bertz CT molecular complexity index is 684. The molecule has 4 N–H and O–H groups in total. The van der Waals surface area contributed by atoms with Gasteiger partial charge in [-0.1, -0.05) is 0 Å². The fourth-order valence-corrected chi connectivity index (χ4v) is 1.72. The third-order valence-corrected chi connectivity index (χ3v) is 2.79. The molecule has 110 valence electrons. The lowest BCUT2D eigenvalue weighted by atomic mass is 10.2. The molecular weight excluding hydrogens is 279 g/mol. The average molecular weight is 292 g/mol. The van der Waals surface area contributed by atoms with Crippen molar-refractivity contribution in [2.75, 3.05) is 11.9 Å². The van der Waals surface area contributed by atoms with E-state index in [-0.39, 0.29) is 16.9 Å². The SMILES string of the molecule is NC(=O)c1ccc(NCCn2cnc(C(=O)O)c2)c(F)c1. The lowest BCUT2D eigenvalue weighted by Crippen LogP contribution is -2.13. The van der Waals surface area contributed by atoms with Crippen molar-refractivity contribution in [1.29, 1.82) is 0 Å². The van der Waals surface area contributed by atoms with E-state index in [1.165, 1.54) is 24.7 Å². The van der Waals surface area contributed by atoms with Crippen LogP contribution < -0.4 is 11.1 Å². The van der Waals surface area contributed by atoms with Gasteiger partial charge in [-0.2, -0.15) is 0 Å². The number of aromatic carboxylic acids is 1. The van der Waals surface area contributed by atoms with Crippen molar-refractivity contribution in [2.45, 2.75) is 6.54 Å². The Hall–Kier alpha value is -2.90. The Morgan fingerprint density at radius 2 is 2.19 bits per heavy atom. The number of benzene rings is 1. The van der Waals surface area contributed by atoms with Crippen LogP contribution in [0.4, 0.5) is 10.1 Å². The molecule has 2 aromatic rings. The molecule has 0 saturated heterocycles. The number of hydrogen-bond donors (Lipinski definition) is 3. The molecule has 0 unspecified atom stereocenters. The molecule has 21 heavy (non-hydrogen) atoms. The van der Waals surface area contributed by atoms with Crippen molar-refractivity contribution in [3.8, 4) is 0 Å². The van der Waals surface area contributed by atoms with Gasteiger partial charge >= 0.3 is 5.97 Å². The Morgan fingerprint density at radius 3 is 2.76 bits per heavy atom. The molecule has 0 aliphatic carbocycles. The average Bonchev–Trinajstić information content (AvgIpc) is 2.89. The highest BCUT2D eigenvalue weighted by atomic mass is 19.1. The van der Waals surface area contributed by atoms with Gasteiger partial charge in [0.2, 0.25) is 5.91 Å². The third-order valence-electron chi connectivity index (χ3n) is 2.79. The van der Waals surface area contributed by atoms with Crippen molar-refractivity contribution in [3.63, 3.8) is 0 Å². The van der Waals surface area contributed by atoms with Crippen LogP contribution in [-0.4, -0.2) is 33.1 Å². The summed E-state index contributed by atoms with van der Waals surface area (Å²) in [5.41, 5.74) is 5.33. The minimum atomic E-state index is -1.10. The van der Waals surface area contributed by atoms with Gasteiger partial charge in [-0.25, -0.2) is 14.2 Å². The van der Waals surface area contributed by atoms with Gasteiger partial charge in [0.15, 0.2) is 5.69 Å². The van der Waals surface area contributed by atoms with Crippen LogP contribution in [0.25, 0.3) is 0 Å². The molecule has 0 fully saturated rings. The Labute approximate surface area is 119 Å². The highest BCUT2D eigenvalue weighted by Crippen LogP contribution is 2.15. The summed E-state index contributed by atoms with van der Waals surface area (Å²) in [5, 5.41) is 11.6. The zero-order valence-corrected chi connectivity index (χ0v) is 10.9. The number of nitrogens with zero attached hydrogens (tertiary/aromatic N) is 2. The van der Waals surface area contributed by atoms with Crippen LogP contribution in [0.3, 0.4) is 0 Å². The molecule has 0 radical (unpaired) electrons. The number of nitrogens with one attached hydrogen (secondary N) is 1. The summed E-state index contributed by atoms with van der Waals surface area (Å²) < 4.78 is 15.3. The van der Waals surface area contributed by atoms with E-state index in [0.717, 1.165) is 6.07 Å². The lowest BCUT2D eigenvalue weighted by molar-refractivity contribution is 0.0690. The first kappa shape index (κ1) is 14.5. The third kappa shape index (κ3) is 3.56. The largest absolute Gasteiger partial charge is 0.476 e. The van der Waals surface area contributed by atoms with Gasteiger partial charge in [-0.3, -0.25) is 4.79 Å². The summed E-state index contributed by atoms with van der Waals surface area (Å²) >= 11 is 0. The molecule has 0 aliphatic heterocycles. The highest BCUT2D eigenvalue weighted by Gasteiger charge is 2.08. The number of rotatable bonds is 6. The number of carbonyl (C=O) groups is 2. The van der Waals surface area contributed by atoms with Crippen LogP contribution in [0, 0.1) is 5.82 Å². The number of carboxylic acids is 1. The quantitative estimate of drug-likeness (QED) is 0.733. The number of aromatic nitrogens is 2. The summed E-state index contributed by atoms with van der Waals surface area (Å²) in [5.74, 6) is -2.38. The van der Waals surface area contributed by atoms with Crippen molar-refractivity contribution < 1.29 is 19.1 Å². The number of anilines is 1. The van der Waals surface area contributed by atoms with E-state index >= 15 is 0 Å². The highest BCUT2D eigenvalue weighted by molar-refractivity contribution is 5.93. The topological polar surface area (TPSA) is 110 Å². The monoisotopic (exact) mass is 292 g/mol. The van der Waals surface area contributed by atoms with Gasteiger partial charge in [-0.05, 0) is 18.2 Å². The Balaban J connectivity index is 1.93. The number of carbonyl (C=O) groups excluding carboxylic acids is 1. The van der Waals surface area contributed by atoms with Crippen LogP contribution in [0.2, 0.25) is 0 Å². The van der Waals surface area contributed by atoms with Gasteiger partial charge in [-0.15, -0.1) is 0 Å². The summed E-state index contributed by atoms with van der Waals surface area (Å²) in [7, 11) is 0. The number of imidazole rings is 1. The number of nitrogens with two attached hydrogens (primary N) is 1. The van der Waals surface area contributed by atoms with Crippen LogP contribution >= 0.6 is 0 Å². The normalized spacial score (nSPS) is 10.3. The van der Waals surface area contributed by atoms with Gasteiger partial charge in [0.1, 0.15) is 5.82 Å². The molecule has 0 saturated carbocycles. The smallest absolute Gasteiger partial charge is 0.356 e. The van der Waals surface area contributed by atoms with Crippen molar-refractivity contribution in [3.05, 3.63) is 47.8 Å². The van der Waals surface area contributed by atoms with Gasteiger partial charge in [0, 0.05) is 24.8 Å².